The van der Waals surface area contributed by atoms with Crippen molar-refractivity contribution in [2.45, 2.75) is 32.3 Å². The zero-order valence-corrected chi connectivity index (χ0v) is 11.9. The van der Waals surface area contributed by atoms with Gasteiger partial charge in [-0.15, -0.1) is 11.6 Å². The van der Waals surface area contributed by atoms with Crippen LogP contribution in [0.25, 0.3) is 0 Å². The molecular weight excluding hydrogens is 268 g/mol. The highest BCUT2D eigenvalue weighted by Gasteiger charge is 2.24. The highest BCUT2D eigenvalue weighted by atomic mass is 35.5. The van der Waals surface area contributed by atoms with E-state index >= 15 is 0 Å². The van der Waals surface area contributed by atoms with Crippen LogP contribution in [-0.2, 0) is 25.6 Å². The summed E-state index contributed by atoms with van der Waals surface area (Å²) in [5.41, 5.74) is 1.01. The van der Waals surface area contributed by atoms with Crippen LogP contribution in [0, 0.1) is 0 Å². The van der Waals surface area contributed by atoms with E-state index in [1.807, 2.05) is 30.3 Å². The molecule has 0 spiro atoms. The molecule has 4 nitrogen and oxygen atoms in total. The molecule has 0 aliphatic heterocycles. The first kappa shape index (κ1) is 16.0. The number of halogens is 1. The van der Waals surface area contributed by atoms with Gasteiger partial charge in [-0.2, -0.15) is 0 Å². The van der Waals surface area contributed by atoms with E-state index in [-0.39, 0.29) is 11.8 Å². The third-order valence-corrected chi connectivity index (χ3v) is 2.82. The molecule has 2 atom stereocenters. The highest BCUT2D eigenvalue weighted by molar-refractivity contribution is 6.18. The van der Waals surface area contributed by atoms with Gasteiger partial charge in [0.05, 0.1) is 12.5 Å². The van der Waals surface area contributed by atoms with Gasteiger partial charge >= 0.3 is 5.97 Å². The standard InChI is InChI=1S/C14H19ClO4/c1-3-13(16)19-12(9-15)14(17-2)18-10-11-7-5-4-6-8-11/h4-8,12,14H,3,9-10H2,1-2H3. The maximum atomic E-state index is 11.3. The van der Waals surface area contributed by atoms with E-state index in [9.17, 15) is 4.79 Å². The summed E-state index contributed by atoms with van der Waals surface area (Å²) in [5, 5.41) is 0. The van der Waals surface area contributed by atoms with E-state index in [0.29, 0.717) is 13.0 Å². The number of benzene rings is 1. The first-order chi connectivity index (χ1) is 9.21. The lowest BCUT2D eigenvalue weighted by Gasteiger charge is -2.24. The molecule has 0 saturated heterocycles. The smallest absolute Gasteiger partial charge is 0.306 e. The van der Waals surface area contributed by atoms with Gasteiger partial charge < -0.3 is 14.2 Å². The molecule has 0 radical (unpaired) electrons. The maximum absolute atomic E-state index is 11.3. The Bertz CT molecular complexity index is 369. The van der Waals surface area contributed by atoms with E-state index < -0.39 is 12.4 Å². The Labute approximate surface area is 118 Å². The summed E-state index contributed by atoms with van der Waals surface area (Å²) in [6.45, 7) is 2.09. The second-order valence-electron chi connectivity index (χ2n) is 3.94. The molecule has 0 saturated carbocycles. The molecular formula is C14H19ClO4. The fourth-order valence-corrected chi connectivity index (χ4v) is 1.70. The van der Waals surface area contributed by atoms with Crippen LogP contribution in [0.3, 0.4) is 0 Å². The fraction of sp³-hybridized carbons (Fsp3) is 0.500. The molecule has 19 heavy (non-hydrogen) atoms. The van der Waals surface area contributed by atoms with Gasteiger partial charge in [-0.1, -0.05) is 37.3 Å². The Balaban J connectivity index is 2.53. The molecule has 0 amide bonds. The SMILES string of the molecule is CCC(=O)OC(CCl)C(OC)OCc1ccccc1. The van der Waals surface area contributed by atoms with E-state index in [1.165, 1.54) is 7.11 Å². The second-order valence-corrected chi connectivity index (χ2v) is 4.25. The Hall–Kier alpha value is -1.10. The molecule has 0 heterocycles. The van der Waals surface area contributed by atoms with Gasteiger partial charge in [0.1, 0.15) is 0 Å². The second kappa shape index (κ2) is 8.91. The van der Waals surface area contributed by atoms with Gasteiger partial charge in [-0.05, 0) is 5.56 Å². The predicted octanol–water partition coefficient (Wildman–Crippen LogP) is 2.74. The van der Waals surface area contributed by atoms with Crippen molar-refractivity contribution in [1.82, 2.24) is 0 Å². The normalized spacial score (nSPS) is 13.8. The molecule has 1 aromatic rings. The minimum atomic E-state index is -0.673. The van der Waals surface area contributed by atoms with E-state index in [0.717, 1.165) is 5.56 Å². The van der Waals surface area contributed by atoms with Gasteiger partial charge in [0, 0.05) is 13.5 Å². The Morgan fingerprint density at radius 1 is 1.32 bits per heavy atom. The molecule has 1 aromatic carbocycles. The van der Waals surface area contributed by atoms with Gasteiger partial charge in [-0.25, -0.2) is 0 Å². The van der Waals surface area contributed by atoms with Crippen LogP contribution in [0.4, 0.5) is 0 Å². The van der Waals surface area contributed by atoms with Crippen molar-refractivity contribution < 1.29 is 19.0 Å². The van der Waals surface area contributed by atoms with Gasteiger partial charge in [0.15, 0.2) is 12.4 Å². The highest BCUT2D eigenvalue weighted by Crippen LogP contribution is 2.12. The van der Waals surface area contributed by atoms with E-state index in [4.69, 9.17) is 25.8 Å². The van der Waals surface area contributed by atoms with Crippen LogP contribution in [0.1, 0.15) is 18.9 Å². The van der Waals surface area contributed by atoms with Crippen molar-refractivity contribution in [3.63, 3.8) is 0 Å². The molecule has 1 rings (SSSR count). The number of hydrogen-bond donors (Lipinski definition) is 0. The van der Waals surface area contributed by atoms with Crippen molar-refractivity contribution in [1.29, 1.82) is 0 Å². The average molecular weight is 287 g/mol. The quantitative estimate of drug-likeness (QED) is 0.419. The van der Waals surface area contributed by atoms with E-state index in [1.54, 1.807) is 6.92 Å². The number of methoxy groups -OCH3 is 1. The minimum Gasteiger partial charge on any atom is -0.456 e. The summed E-state index contributed by atoms with van der Waals surface area (Å²) >= 11 is 5.79. The molecule has 0 N–H and O–H groups in total. The van der Waals surface area contributed by atoms with Crippen LogP contribution in [0.5, 0.6) is 0 Å². The molecule has 0 aliphatic carbocycles. The number of esters is 1. The monoisotopic (exact) mass is 286 g/mol. The third-order valence-electron chi connectivity index (χ3n) is 2.52. The lowest BCUT2D eigenvalue weighted by molar-refractivity contribution is -0.199. The number of carbonyl (C=O) groups is 1. The molecule has 0 aliphatic rings. The first-order valence-corrected chi connectivity index (χ1v) is 6.68. The van der Waals surface area contributed by atoms with Crippen LogP contribution in [0.15, 0.2) is 30.3 Å². The Morgan fingerprint density at radius 2 is 2.00 bits per heavy atom. The van der Waals surface area contributed by atoms with Crippen LogP contribution in [0.2, 0.25) is 0 Å². The lowest BCUT2D eigenvalue weighted by atomic mass is 10.2. The summed E-state index contributed by atoms with van der Waals surface area (Å²) in [7, 11) is 1.50. The van der Waals surface area contributed by atoms with Crippen molar-refractivity contribution >= 4 is 17.6 Å². The minimum absolute atomic E-state index is 0.124. The van der Waals surface area contributed by atoms with E-state index in [2.05, 4.69) is 0 Å². The number of ether oxygens (including phenoxy) is 3. The number of rotatable bonds is 8. The predicted molar refractivity (Wildman–Crippen MR) is 72.9 cm³/mol. The summed E-state index contributed by atoms with van der Waals surface area (Å²) in [4.78, 5) is 11.3. The molecule has 2 unspecified atom stereocenters. The molecule has 5 heteroatoms. The van der Waals surface area contributed by atoms with Crippen molar-refractivity contribution in [2.24, 2.45) is 0 Å². The van der Waals surface area contributed by atoms with Gasteiger partial charge in [-0.3, -0.25) is 4.79 Å². The first-order valence-electron chi connectivity index (χ1n) is 6.15. The largest absolute Gasteiger partial charge is 0.456 e. The van der Waals surface area contributed by atoms with Crippen LogP contribution in [-0.4, -0.2) is 31.4 Å². The molecule has 0 fully saturated rings. The summed E-state index contributed by atoms with van der Waals surface area (Å²) in [6, 6.07) is 9.68. The van der Waals surface area contributed by atoms with Crippen molar-refractivity contribution in [3.05, 3.63) is 35.9 Å². The fourth-order valence-electron chi connectivity index (χ4n) is 1.49. The zero-order chi connectivity index (χ0) is 14.1. The lowest BCUT2D eigenvalue weighted by Crippen LogP contribution is -2.36. The van der Waals surface area contributed by atoms with Crippen molar-refractivity contribution in [3.8, 4) is 0 Å². The number of carbonyl (C=O) groups excluding carboxylic acids is 1. The van der Waals surface area contributed by atoms with Crippen LogP contribution < -0.4 is 0 Å². The average Bonchev–Trinajstić information content (AvgIpc) is 2.47. The number of alkyl halides is 1. The molecule has 106 valence electrons. The van der Waals surface area contributed by atoms with Crippen molar-refractivity contribution in [2.75, 3.05) is 13.0 Å². The van der Waals surface area contributed by atoms with Gasteiger partial charge in [0.2, 0.25) is 0 Å². The topological polar surface area (TPSA) is 44.8 Å². The van der Waals surface area contributed by atoms with Crippen LogP contribution >= 0.6 is 11.6 Å². The number of hydrogen-bond acceptors (Lipinski definition) is 4. The summed E-state index contributed by atoms with van der Waals surface area (Å²) in [5.74, 6) is -0.199. The zero-order valence-electron chi connectivity index (χ0n) is 11.2. The Kier molecular flexibility index (Phi) is 7.48. The summed E-state index contributed by atoms with van der Waals surface area (Å²) < 4.78 is 15.9. The third kappa shape index (κ3) is 5.59. The Morgan fingerprint density at radius 3 is 2.53 bits per heavy atom. The van der Waals surface area contributed by atoms with Gasteiger partial charge in [0.25, 0.3) is 0 Å². The molecule has 0 aromatic heterocycles. The maximum Gasteiger partial charge on any atom is 0.306 e. The molecule has 0 bridgehead atoms. The summed E-state index contributed by atoms with van der Waals surface area (Å²) in [6.07, 6.45) is -0.987.